The molecule has 0 saturated carbocycles. The predicted octanol–water partition coefficient (Wildman–Crippen LogP) is 4.70. The third kappa shape index (κ3) is 3.34. The molecule has 0 aliphatic rings. The van der Waals surface area contributed by atoms with Crippen LogP contribution in [0.15, 0.2) is 51.5 Å². The highest BCUT2D eigenvalue weighted by molar-refractivity contribution is 7.79. The minimum absolute atomic E-state index is 0.00846. The smallest absolute Gasteiger partial charge is 0.186 e. The third-order valence-electron chi connectivity index (χ3n) is 2.35. The van der Waals surface area contributed by atoms with Gasteiger partial charge in [0.2, 0.25) is 0 Å². The van der Waals surface area contributed by atoms with E-state index in [0.29, 0.717) is 11.4 Å². The minimum Gasteiger partial charge on any atom is -0.506 e. The van der Waals surface area contributed by atoms with Gasteiger partial charge in [0.05, 0.1) is 15.6 Å². The van der Waals surface area contributed by atoms with Crippen LogP contribution in [0.1, 0.15) is 0 Å². The van der Waals surface area contributed by atoms with Gasteiger partial charge < -0.3 is 9.66 Å². The van der Waals surface area contributed by atoms with Crippen LogP contribution >= 0.6 is 23.2 Å². The van der Waals surface area contributed by atoms with E-state index in [4.69, 9.17) is 27.8 Å². The highest BCUT2D eigenvalue weighted by Crippen LogP contribution is 2.38. The lowest BCUT2D eigenvalue weighted by Gasteiger charge is -2.01. The first-order valence-electron chi connectivity index (χ1n) is 5.28. The van der Waals surface area contributed by atoms with Crippen LogP contribution in [0.3, 0.4) is 0 Å². The number of halogens is 2. The zero-order valence-electron chi connectivity index (χ0n) is 9.83. The number of phenols is 1. The van der Waals surface area contributed by atoms with Crippen molar-refractivity contribution in [1.82, 2.24) is 0 Å². The molecule has 0 radical (unpaired) electrons. The predicted molar refractivity (Wildman–Crippen MR) is 77.8 cm³/mol. The molecule has 0 heterocycles. The van der Waals surface area contributed by atoms with Crippen LogP contribution in [0, 0.1) is 0 Å². The number of azo groups is 1. The molecule has 0 aliphatic heterocycles. The number of rotatable bonds is 3. The average molecular weight is 331 g/mol. The fraction of sp³-hybridized carbons (Fsp3) is 0. The summed E-state index contributed by atoms with van der Waals surface area (Å²) in [5.74, 6) is -0.134. The molecule has 0 spiro atoms. The van der Waals surface area contributed by atoms with E-state index < -0.39 is 11.1 Å². The van der Waals surface area contributed by atoms with Crippen molar-refractivity contribution in [2.24, 2.45) is 10.2 Å². The summed E-state index contributed by atoms with van der Waals surface area (Å²) in [5, 5.41) is 17.3. The largest absolute Gasteiger partial charge is 0.506 e. The molecule has 5 nitrogen and oxygen atoms in total. The lowest BCUT2D eigenvalue weighted by atomic mass is 10.3. The summed E-state index contributed by atoms with van der Waals surface area (Å²) in [5.41, 5.74) is 0.795. The number of hydrogen-bond acceptors (Lipinski definition) is 4. The summed E-state index contributed by atoms with van der Waals surface area (Å²) >= 11 is 9.66. The Balaban J connectivity index is 2.25. The summed E-state index contributed by atoms with van der Waals surface area (Å²) in [6, 6.07) is 8.86. The van der Waals surface area contributed by atoms with Crippen LogP contribution in [0.4, 0.5) is 11.4 Å². The summed E-state index contributed by atoms with van der Waals surface area (Å²) in [4.78, 5) is 0.273. The maximum atomic E-state index is 10.8. The van der Waals surface area contributed by atoms with Gasteiger partial charge in [-0.15, -0.1) is 5.11 Å². The van der Waals surface area contributed by atoms with E-state index in [2.05, 4.69) is 10.2 Å². The molecule has 1 unspecified atom stereocenters. The molecule has 0 amide bonds. The molecule has 0 saturated heterocycles. The van der Waals surface area contributed by atoms with Gasteiger partial charge in [-0.3, -0.25) is 0 Å². The zero-order valence-corrected chi connectivity index (χ0v) is 12.2. The first kappa shape index (κ1) is 14.9. The molecule has 104 valence electrons. The van der Waals surface area contributed by atoms with Gasteiger partial charge in [0.1, 0.15) is 16.5 Å². The third-order valence-corrected chi connectivity index (χ3v) is 3.89. The monoisotopic (exact) mass is 330 g/mol. The van der Waals surface area contributed by atoms with Gasteiger partial charge in [0.25, 0.3) is 0 Å². The normalized spacial score (nSPS) is 12.8. The van der Waals surface area contributed by atoms with E-state index in [9.17, 15) is 9.32 Å². The Hall–Kier alpha value is -1.47. The van der Waals surface area contributed by atoms with Crippen molar-refractivity contribution >= 4 is 45.7 Å². The second-order valence-corrected chi connectivity index (χ2v) is 5.40. The van der Waals surface area contributed by atoms with Gasteiger partial charge in [-0.2, -0.15) is 5.11 Å². The van der Waals surface area contributed by atoms with Crippen LogP contribution in [0.2, 0.25) is 10.0 Å². The fourth-order valence-corrected chi connectivity index (χ4v) is 2.07. The lowest BCUT2D eigenvalue weighted by Crippen LogP contribution is -1.85. The standard InChI is InChI=1S/C12H8Cl2N2O3S/c13-11-9(5-6-10(17)12(11)14)16-15-7-1-3-8(4-2-7)20(18)19/h1-6,17H,(H,18,19). The molecule has 0 aliphatic carbocycles. The molecule has 2 N–H and O–H groups in total. The Kier molecular flexibility index (Phi) is 4.72. The molecule has 2 rings (SSSR count). The quantitative estimate of drug-likeness (QED) is 0.632. The Bertz CT molecular complexity index is 690. The van der Waals surface area contributed by atoms with E-state index in [1.54, 1.807) is 12.1 Å². The summed E-state index contributed by atoms with van der Waals surface area (Å²) in [6.07, 6.45) is 0. The number of aromatic hydroxyl groups is 1. The number of hydrogen-bond donors (Lipinski definition) is 2. The second-order valence-electron chi connectivity index (χ2n) is 3.67. The van der Waals surface area contributed by atoms with Crippen LogP contribution in [-0.2, 0) is 11.1 Å². The first-order valence-corrected chi connectivity index (χ1v) is 7.15. The molecule has 0 bridgehead atoms. The molecule has 1 atom stereocenters. The Morgan fingerprint density at radius 3 is 2.20 bits per heavy atom. The zero-order chi connectivity index (χ0) is 14.7. The maximum absolute atomic E-state index is 10.8. The molecule has 2 aromatic carbocycles. The van der Waals surface area contributed by atoms with Crippen molar-refractivity contribution in [3.05, 3.63) is 46.4 Å². The van der Waals surface area contributed by atoms with Crippen LogP contribution in [-0.4, -0.2) is 13.9 Å². The van der Waals surface area contributed by atoms with E-state index in [-0.39, 0.29) is 20.7 Å². The maximum Gasteiger partial charge on any atom is 0.186 e. The Morgan fingerprint density at radius 1 is 0.950 bits per heavy atom. The van der Waals surface area contributed by atoms with Crippen LogP contribution in [0.5, 0.6) is 5.75 Å². The summed E-state index contributed by atoms with van der Waals surface area (Å²) in [6.45, 7) is 0. The molecule has 2 aromatic rings. The topological polar surface area (TPSA) is 82.2 Å². The highest BCUT2D eigenvalue weighted by Gasteiger charge is 2.08. The van der Waals surface area contributed by atoms with Crippen molar-refractivity contribution in [3.8, 4) is 5.75 Å². The van der Waals surface area contributed by atoms with Crippen molar-refractivity contribution in [2.45, 2.75) is 4.90 Å². The average Bonchev–Trinajstić information content (AvgIpc) is 2.44. The molecule has 20 heavy (non-hydrogen) atoms. The van der Waals surface area contributed by atoms with Crippen molar-refractivity contribution < 1.29 is 13.9 Å². The molecular formula is C12H8Cl2N2O3S. The van der Waals surface area contributed by atoms with Crippen molar-refractivity contribution in [3.63, 3.8) is 0 Å². The SMILES string of the molecule is O=S(O)c1ccc(N=Nc2ccc(O)c(Cl)c2Cl)cc1. The van der Waals surface area contributed by atoms with Gasteiger partial charge in [-0.05, 0) is 36.4 Å². The lowest BCUT2D eigenvalue weighted by molar-refractivity contribution is 0.475. The van der Waals surface area contributed by atoms with E-state index in [1.807, 2.05) is 0 Å². The van der Waals surface area contributed by atoms with E-state index in [0.717, 1.165) is 0 Å². The fourth-order valence-electron chi connectivity index (χ4n) is 1.35. The molecule has 8 heteroatoms. The van der Waals surface area contributed by atoms with Gasteiger partial charge in [0, 0.05) is 0 Å². The molecule has 0 fully saturated rings. The van der Waals surface area contributed by atoms with Gasteiger partial charge in [0.15, 0.2) is 11.1 Å². The van der Waals surface area contributed by atoms with E-state index in [1.165, 1.54) is 24.3 Å². The molecule has 0 aromatic heterocycles. The Labute approximate surface area is 127 Å². The number of phenolic OH excluding ortho intramolecular Hbond substituents is 1. The second kappa shape index (κ2) is 6.32. The van der Waals surface area contributed by atoms with E-state index >= 15 is 0 Å². The number of nitrogens with zero attached hydrogens (tertiary/aromatic N) is 2. The summed E-state index contributed by atoms with van der Waals surface area (Å²) in [7, 11) is 0. The van der Waals surface area contributed by atoms with Gasteiger partial charge >= 0.3 is 0 Å². The van der Waals surface area contributed by atoms with Gasteiger partial charge in [-0.25, -0.2) is 4.21 Å². The Morgan fingerprint density at radius 2 is 1.60 bits per heavy atom. The minimum atomic E-state index is -2.03. The van der Waals surface area contributed by atoms with Crippen molar-refractivity contribution in [1.29, 1.82) is 0 Å². The van der Waals surface area contributed by atoms with Crippen LogP contribution < -0.4 is 0 Å². The van der Waals surface area contributed by atoms with Crippen LogP contribution in [0.25, 0.3) is 0 Å². The van der Waals surface area contributed by atoms with Crippen molar-refractivity contribution in [2.75, 3.05) is 0 Å². The summed E-state index contributed by atoms with van der Waals surface area (Å²) < 4.78 is 19.7. The molecular weight excluding hydrogens is 323 g/mol. The van der Waals surface area contributed by atoms with Gasteiger partial charge in [-0.1, -0.05) is 23.2 Å². The number of benzene rings is 2. The highest BCUT2D eigenvalue weighted by atomic mass is 35.5. The first-order chi connectivity index (χ1) is 9.49.